The van der Waals surface area contributed by atoms with E-state index in [0.717, 1.165) is 12.0 Å². The second-order valence-corrected chi connectivity index (χ2v) is 5.55. The summed E-state index contributed by atoms with van der Waals surface area (Å²) in [5, 5.41) is 0. The molecule has 0 fully saturated rings. The van der Waals surface area contributed by atoms with Crippen LogP contribution in [0.2, 0.25) is 0 Å². The van der Waals surface area contributed by atoms with Gasteiger partial charge in [-0.15, -0.1) is 0 Å². The topological polar surface area (TPSA) is 63.4 Å². The minimum atomic E-state index is -0.215. The van der Waals surface area contributed by atoms with Crippen molar-refractivity contribution in [3.8, 4) is 0 Å². The number of carbonyl (C=O) groups is 2. The van der Waals surface area contributed by atoms with Crippen LogP contribution < -0.4 is 5.73 Å². The van der Waals surface area contributed by atoms with Crippen molar-refractivity contribution in [2.75, 3.05) is 6.54 Å². The van der Waals surface area contributed by atoms with Crippen LogP contribution >= 0.6 is 0 Å². The Balaban J connectivity index is 1.61. The number of carbonyl (C=O) groups excluding carboxylic acids is 2. The third kappa shape index (κ3) is 2.78. The second-order valence-electron chi connectivity index (χ2n) is 5.55. The van der Waals surface area contributed by atoms with Crippen LogP contribution in [0.15, 0.2) is 54.6 Å². The van der Waals surface area contributed by atoms with E-state index in [-0.39, 0.29) is 17.9 Å². The Hall–Kier alpha value is -2.46. The van der Waals surface area contributed by atoms with Crippen molar-refractivity contribution in [1.29, 1.82) is 0 Å². The zero-order valence-electron chi connectivity index (χ0n) is 12.2. The lowest BCUT2D eigenvalue weighted by molar-refractivity contribution is 0.0650. The molecule has 0 aliphatic carbocycles. The van der Waals surface area contributed by atoms with Crippen molar-refractivity contribution in [3.63, 3.8) is 0 Å². The maximum Gasteiger partial charge on any atom is 0.261 e. The molecule has 22 heavy (non-hydrogen) atoms. The van der Waals surface area contributed by atoms with E-state index in [2.05, 4.69) is 0 Å². The van der Waals surface area contributed by atoms with Crippen molar-refractivity contribution in [2.24, 2.45) is 5.73 Å². The van der Waals surface area contributed by atoms with Crippen molar-refractivity contribution >= 4 is 11.8 Å². The van der Waals surface area contributed by atoms with Crippen molar-refractivity contribution < 1.29 is 9.59 Å². The minimum Gasteiger partial charge on any atom is -0.327 e. The summed E-state index contributed by atoms with van der Waals surface area (Å²) < 4.78 is 0. The van der Waals surface area contributed by atoms with Gasteiger partial charge < -0.3 is 5.73 Å². The summed E-state index contributed by atoms with van der Waals surface area (Å²) in [6.45, 7) is 0.361. The smallest absolute Gasteiger partial charge is 0.261 e. The first kappa shape index (κ1) is 14.5. The molecule has 1 aliphatic heterocycles. The van der Waals surface area contributed by atoms with E-state index in [1.807, 2.05) is 30.3 Å². The van der Waals surface area contributed by atoms with E-state index < -0.39 is 0 Å². The fourth-order valence-corrected chi connectivity index (χ4v) is 2.76. The average molecular weight is 294 g/mol. The van der Waals surface area contributed by atoms with E-state index in [1.54, 1.807) is 24.3 Å². The van der Waals surface area contributed by atoms with Gasteiger partial charge in [-0.1, -0.05) is 42.5 Å². The predicted octanol–water partition coefficient (Wildman–Crippen LogP) is 2.24. The third-order valence-electron chi connectivity index (χ3n) is 3.94. The van der Waals surface area contributed by atoms with Crippen LogP contribution in [-0.2, 0) is 6.42 Å². The molecule has 2 amide bonds. The van der Waals surface area contributed by atoms with Crippen LogP contribution in [0.4, 0.5) is 0 Å². The number of benzene rings is 2. The van der Waals surface area contributed by atoms with Crippen LogP contribution in [0.5, 0.6) is 0 Å². The van der Waals surface area contributed by atoms with Gasteiger partial charge in [0, 0.05) is 12.6 Å². The second kappa shape index (κ2) is 6.12. The molecule has 0 radical (unpaired) electrons. The van der Waals surface area contributed by atoms with E-state index in [4.69, 9.17) is 5.73 Å². The fourth-order valence-electron chi connectivity index (χ4n) is 2.76. The van der Waals surface area contributed by atoms with Crippen LogP contribution in [0.25, 0.3) is 0 Å². The number of hydrogen-bond acceptors (Lipinski definition) is 3. The number of imide groups is 1. The summed E-state index contributed by atoms with van der Waals surface area (Å²) >= 11 is 0. The highest BCUT2D eigenvalue weighted by molar-refractivity contribution is 6.21. The molecule has 0 spiro atoms. The Kier molecular flexibility index (Phi) is 4.02. The number of rotatable bonds is 5. The van der Waals surface area contributed by atoms with Gasteiger partial charge in [-0.25, -0.2) is 0 Å². The maximum atomic E-state index is 12.2. The molecule has 2 N–H and O–H groups in total. The zero-order valence-corrected chi connectivity index (χ0v) is 12.2. The van der Waals surface area contributed by atoms with Gasteiger partial charge in [-0.05, 0) is 30.5 Å². The Morgan fingerprint density at radius 3 is 2.00 bits per heavy atom. The lowest BCUT2D eigenvalue weighted by Crippen LogP contribution is -2.35. The summed E-state index contributed by atoms with van der Waals surface area (Å²) in [4.78, 5) is 25.8. The van der Waals surface area contributed by atoms with Crippen molar-refractivity contribution in [3.05, 3.63) is 71.3 Å². The standard InChI is InChI=1S/C18H18N2O2/c19-14(12-13-6-2-1-3-7-13)10-11-20-17(21)15-8-4-5-9-16(15)18(20)22/h1-9,14H,10-12,19H2. The van der Waals surface area contributed by atoms with Crippen LogP contribution in [0.3, 0.4) is 0 Å². The largest absolute Gasteiger partial charge is 0.327 e. The Labute approximate surface area is 129 Å². The molecule has 3 rings (SSSR count). The molecule has 4 nitrogen and oxygen atoms in total. The molecule has 112 valence electrons. The third-order valence-corrected chi connectivity index (χ3v) is 3.94. The van der Waals surface area contributed by atoms with Crippen molar-refractivity contribution in [1.82, 2.24) is 4.90 Å². The fraction of sp³-hybridized carbons (Fsp3) is 0.222. The molecule has 4 heteroatoms. The lowest BCUT2D eigenvalue weighted by atomic mass is 10.0. The number of nitrogens with two attached hydrogens (primary N) is 1. The molecule has 2 aromatic rings. The molecule has 2 aromatic carbocycles. The predicted molar refractivity (Wildman–Crippen MR) is 84.5 cm³/mol. The van der Waals surface area contributed by atoms with Gasteiger partial charge >= 0.3 is 0 Å². The number of hydrogen-bond donors (Lipinski definition) is 1. The molecule has 0 saturated carbocycles. The van der Waals surface area contributed by atoms with Gasteiger partial charge in [-0.3, -0.25) is 14.5 Å². The van der Waals surface area contributed by atoms with Gasteiger partial charge in [0.1, 0.15) is 0 Å². The Morgan fingerprint density at radius 1 is 0.864 bits per heavy atom. The summed E-state index contributed by atoms with van der Waals surface area (Å²) in [6, 6.07) is 16.8. The summed E-state index contributed by atoms with van der Waals surface area (Å²) in [5.74, 6) is -0.431. The molecule has 0 aromatic heterocycles. The number of fused-ring (bicyclic) bond motifs is 1. The highest BCUT2D eigenvalue weighted by Gasteiger charge is 2.34. The molecule has 0 saturated heterocycles. The van der Waals surface area contributed by atoms with Gasteiger partial charge in [-0.2, -0.15) is 0 Å². The number of amides is 2. The highest BCUT2D eigenvalue weighted by Crippen LogP contribution is 2.22. The molecule has 1 aliphatic rings. The quantitative estimate of drug-likeness (QED) is 0.860. The monoisotopic (exact) mass is 294 g/mol. The first-order valence-electron chi connectivity index (χ1n) is 7.41. The van der Waals surface area contributed by atoms with E-state index in [9.17, 15) is 9.59 Å². The van der Waals surface area contributed by atoms with Gasteiger partial charge in [0.05, 0.1) is 11.1 Å². The lowest BCUT2D eigenvalue weighted by Gasteiger charge is -2.17. The van der Waals surface area contributed by atoms with Gasteiger partial charge in [0.15, 0.2) is 0 Å². The Bertz CT molecular complexity index is 662. The average Bonchev–Trinajstić information content (AvgIpc) is 2.78. The first-order valence-corrected chi connectivity index (χ1v) is 7.41. The Morgan fingerprint density at radius 2 is 1.41 bits per heavy atom. The number of nitrogens with zero attached hydrogens (tertiary/aromatic N) is 1. The van der Waals surface area contributed by atoms with E-state index in [0.29, 0.717) is 24.1 Å². The molecule has 0 bridgehead atoms. The SMILES string of the molecule is NC(CCN1C(=O)c2ccccc2C1=O)Cc1ccccc1. The molecule has 1 heterocycles. The van der Waals surface area contributed by atoms with Crippen molar-refractivity contribution in [2.45, 2.75) is 18.9 Å². The van der Waals surface area contributed by atoms with Crippen LogP contribution in [-0.4, -0.2) is 29.3 Å². The summed E-state index contributed by atoms with van der Waals surface area (Å²) in [5.41, 5.74) is 8.27. The summed E-state index contributed by atoms with van der Waals surface area (Å²) in [7, 11) is 0. The van der Waals surface area contributed by atoms with Gasteiger partial charge in [0.2, 0.25) is 0 Å². The van der Waals surface area contributed by atoms with E-state index in [1.165, 1.54) is 4.90 Å². The highest BCUT2D eigenvalue weighted by atomic mass is 16.2. The molecular weight excluding hydrogens is 276 g/mol. The normalized spacial score (nSPS) is 15.0. The molecule has 1 atom stereocenters. The molecule has 1 unspecified atom stereocenters. The van der Waals surface area contributed by atoms with Crippen LogP contribution in [0.1, 0.15) is 32.7 Å². The van der Waals surface area contributed by atoms with Crippen LogP contribution in [0, 0.1) is 0 Å². The molecular formula is C18H18N2O2. The van der Waals surface area contributed by atoms with Gasteiger partial charge in [0.25, 0.3) is 11.8 Å². The zero-order chi connectivity index (χ0) is 15.5. The van der Waals surface area contributed by atoms with E-state index >= 15 is 0 Å². The maximum absolute atomic E-state index is 12.2. The first-order chi connectivity index (χ1) is 10.7. The summed E-state index contributed by atoms with van der Waals surface area (Å²) in [6.07, 6.45) is 1.34. The minimum absolute atomic E-state index is 0.0771.